The van der Waals surface area contributed by atoms with Crippen LogP contribution in [0.1, 0.15) is 22.3 Å². The quantitative estimate of drug-likeness (QED) is 0.833. The molecule has 1 amide bonds. The van der Waals surface area contributed by atoms with Gasteiger partial charge in [-0.1, -0.05) is 6.07 Å². The third-order valence-corrected chi connectivity index (χ3v) is 2.55. The van der Waals surface area contributed by atoms with Crippen molar-refractivity contribution in [3.63, 3.8) is 0 Å². The maximum atomic E-state index is 13.8. The van der Waals surface area contributed by atoms with Crippen LogP contribution in [-0.2, 0) is 4.79 Å². The minimum atomic E-state index is -1.14. The number of nitriles is 1. The number of amides is 1. The van der Waals surface area contributed by atoms with Crippen molar-refractivity contribution in [3.8, 4) is 6.07 Å². The Hall–Kier alpha value is -2.68. The minimum Gasteiger partial charge on any atom is -0.478 e. The topological polar surface area (TPSA) is 81.4 Å². The minimum absolute atomic E-state index is 0.113. The molecule has 0 saturated carbocycles. The first kappa shape index (κ1) is 15.4. The van der Waals surface area contributed by atoms with Crippen molar-refractivity contribution in [2.45, 2.75) is 6.42 Å². The van der Waals surface area contributed by atoms with Crippen molar-refractivity contribution in [1.82, 2.24) is 4.90 Å². The van der Waals surface area contributed by atoms with Gasteiger partial charge in [-0.2, -0.15) is 5.26 Å². The summed E-state index contributed by atoms with van der Waals surface area (Å²) in [7, 11) is 1.48. The van der Waals surface area contributed by atoms with E-state index in [2.05, 4.69) is 0 Å². The van der Waals surface area contributed by atoms with E-state index < -0.39 is 17.7 Å². The lowest BCUT2D eigenvalue weighted by molar-refractivity contribution is -0.131. The van der Waals surface area contributed by atoms with E-state index in [4.69, 9.17) is 10.4 Å². The van der Waals surface area contributed by atoms with Gasteiger partial charge in [-0.3, -0.25) is 4.79 Å². The van der Waals surface area contributed by atoms with Gasteiger partial charge in [-0.15, -0.1) is 0 Å². The van der Waals surface area contributed by atoms with Crippen molar-refractivity contribution in [2.24, 2.45) is 0 Å². The zero-order valence-electron chi connectivity index (χ0n) is 10.8. The fourth-order valence-electron chi connectivity index (χ4n) is 1.50. The van der Waals surface area contributed by atoms with Gasteiger partial charge in [-0.05, 0) is 23.8 Å². The van der Waals surface area contributed by atoms with Gasteiger partial charge < -0.3 is 10.0 Å². The van der Waals surface area contributed by atoms with E-state index in [9.17, 15) is 14.0 Å². The second-order valence-corrected chi connectivity index (χ2v) is 4.05. The number of carboxylic acid groups (broad SMARTS) is 1. The highest BCUT2D eigenvalue weighted by Gasteiger charge is 2.15. The van der Waals surface area contributed by atoms with Gasteiger partial charge in [0.1, 0.15) is 5.82 Å². The number of carbonyl (C=O) groups excluding carboxylic acids is 1. The lowest BCUT2D eigenvalue weighted by Gasteiger charge is -2.15. The summed E-state index contributed by atoms with van der Waals surface area (Å²) in [6.07, 6.45) is 2.29. The molecule has 1 N–H and O–H groups in total. The molecule has 0 heterocycles. The monoisotopic (exact) mass is 276 g/mol. The number of aliphatic carboxylic acids is 1. The lowest BCUT2D eigenvalue weighted by atomic mass is 10.1. The molecule has 1 rings (SSSR count). The average Bonchev–Trinajstić information content (AvgIpc) is 2.41. The fourth-order valence-corrected chi connectivity index (χ4v) is 1.50. The molecular weight excluding hydrogens is 263 g/mol. The third kappa shape index (κ3) is 4.21. The van der Waals surface area contributed by atoms with E-state index >= 15 is 0 Å². The molecule has 0 aliphatic rings. The number of halogens is 1. The Morgan fingerprint density at radius 3 is 2.75 bits per heavy atom. The average molecular weight is 276 g/mol. The second kappa shape index (κ2) is 7.04. The van der Waals surface area contributed by atoms with E-state index in [1.165, 1.54) is 30.2 Å². The number of hydrogen-bond acceptors (Lipinski definition) is 3. The Morgan fingerprint density at radius 1 is 1.50 bits per heavy atom. The highest BCUT2D eigenvalue weighted by Crippen LogP contribution is 2.14. The van der Waals surface area contributed by atoms with Gasteiger partial charge in [0.25, 0.3) is 5.91 Å². The third-order valence-electron chi connectivity index (χ3n) is 2.55. The summed E-state index contributed by atoms with van der Waals surface area (Å²) >= 11 is 0. The van der Waals surface area contributed by atoms with Crippen molar-refractivity contribution < 1.29 is 19.1 Å². The molecule has 0 aliphatic carbocycles. The molecule has 0 fully saturated rings. The lowest BCUT2D eigenvalue weighted by Crippen LogP contribution is -2.28. The molecule has 0 unspecified atom stereocenters. The van der Waals surface area contributed by atoms with Crippen LogP contribution in [0.2, 0.25) is 0 Å². The Kier molecular flexibility index (Phi) is 5.42. The number of nitrogens with zero attached hydrogens (tertiary/aromatic N) is 2. The van der Waals surface area contributed by atoms with Crippen LogP contribution in [-0.4, -0.2) is 35.5 Å². The van der Waals surface area contributed by atoms with E-state index in [-0.39, 0.29) is 18.5 Å². The van der Waals surface area contributed by atoms with Gasteiger partial charge in [0.05, 0.1) is 18.1 Å². The van der Waals surface area contributed by atoms with Crippen LogP contribution >= 0.6 is 0 Å². The number of benzene rings is 1. The summed E-state index contributed by atoms with van der Waals surface area (Å²) in [6, 6.07) is 5.74. The molecular formula is C14H13FN2O3. The normalized spacial score (nSPS) is 10.2. The van der Waals surface area contributed by atoms with Crippen LogP contribution in [0.4, 0.5) is 4.39 Å². The molecule has 1 aromatic carbocycles. The molecule has 6 heteroatoms. The van der Waals surface area contributed by atoms with Gasteiger partial charge in [0.15, 0.2) is 0 Å². The molecule has 0 bridgehead atoms. The van der Waals surface area contributed by atoms with Crippen molar-refractivity contribution in [1.29, 1.82) is 5.26 Å². The number of carbonyl (C=O) groups is 2. The Bertz CT molecular complexity index is 591. The van der Waals surface area contributed by atoms with Crippen LogP contribution in [0, 0.1) is 17.1 Å². The first-order valence-corrected chi connectivity index (χ1v) is 5.78. The summed E-state index contributed by atoms with van der Waals surface area (Å²) in [5.41, 5.74) is 0.235. The maximum absolute atomic E-state index is 13.8. The summed E-state index contributed by atoms with van der Waals surface area (Å²) in [4.78, 5) is 23.5. The van der Waals surface area contributed by atoms with Crippen LogP contribution in [0.25, 0.3) is 6.08 Å². The van der Waals surface area contributed by atoms with Crippen molar-refractivity contribution >= 4 is 18.0 Å². The Morgan fingerprint density at radius 2 is 2.20 bits per heavy atom. The first-order chi connectivity index (χ1) is 9.45. The molecule has 5 nitrogen and oxygen atoms in total. The largest absolute Gasteiger partial charge is 0.478 e. The van der Waals surface area contributed by atoms with E-state index in [0.717, 1.165) is 12.1 Å². The van der Waals surface area contributed by atoms with E-state index in [0.29, 0.717) is 5.56 Å². The molecule has 0 spiro atoms. The van der Waals surface area contributed by atoms with Crippen LogP contribution < -0.4 is 0 Å². The molecule has 0 saturated heterocycles. The number of carboxylic acids is 1. The van der Waals surface area contributed by atoms with Gasteiger partial charge in [-0.25, -0.2) is 9.18 Å². The number of hydrogen-bond donors (Lipinski definition) is 1. The molecule has 104 valence electrons. The summed E-state index contributed by atoms with van der Waals surface area (Å²) < 4.78 is 13.8. The smallest absolute Gasteiger partial charge is 0.328 e. The second-order valence-electron chi connectivity index (χ2n) is 4.05. The van der Waals surface area contributed by atoms with E-state index in [1.54, 1.807) is 0 Å². The molecule has 0 aliphatic heterocycles. The maximum Gasteiger partial charge on any atom is 0.328 e. The van der Waals surface area contributed by atoms with Crippen molar-refractivity contribution in [2.75, 3.05) is 13.6 Å². The van der Waals surface area contributed by atoms with E-state index in [1.807, 2.05) is 6.07 Å². The van der Waals surface area contributed by atoms with Gasteiger partial charge >= 0.3 is 5.97 Å². The zero-order valence-corrected chi connectivity index (χ0v) is 10.8. The Balaban J connectivity index is 2.90. The highest BCUT2D eigenvalue weighted by molar-refractivity contribution is 5.94. The summed E-state index contributed by atoms with van der Waals surface area (Å²) in [6.45, 7) is 0.218. The highest BCUT2D eigenvalue weighted by atomic mass is 19.1. The molecule has 1 aromatic rings. The van der Waals surface area contributed by atoms with Crippen molar-refractivity contribution in [3.05, 3.63) is 41.2 Å². The van der Waals surface area contributed by atoms with Crippen LogP contribution in [0.3, 0.4) is 0 Å². The molecule has 0 radical (unpaired) electrons. The van der Waals surface area contributed by atoms with Gasteiger partial charge in [0, 0.05) is 19.7 Å². The Labute approximate surface area is 115 Å². The summed E-state index contributed by atoms with van der Waals surface area (Å²) in [5, 5.41) is 16.9. The zero-order chi connectivity index (χ0) is 15.1. The summed E-state index contributed by atoms with van der Waals surface area (Å²) in [5.74, 6) is -2.39. The molecule has 20 heavy (non-hydrogen) atoms. The number of rotatable bonds is 5. The first-order valence-electron chi connectivity index (χ1n) is 5.78. The van der Waals surface area contributed by atoms with Crippen LogP contribution in [0.15, 0.2) is 24.3 Å². The van der Waals surface area contributed by atoms with Crippen LogP contribution in [0.5, 0.6) is 0 Å². The fraction of sp³-hybridized carbons (Fsp3) is 0.214. The predicted octanol–water partition coefficient (Wildman–Crippen LogP) is 1.91. The predicted molar refractivity (Wildman–Crippen MR) is 70.3 cm³/mol. The van der Waals surface area contributed by atoms with Gasteiger partial charge in [0.2, 0.25) is 0 Å². The SMILES string of the molecule is CN(CCC#N)C(=O)c1ccc(C=CC(=O)O)cc1F. The molecule has 0 atom stereocenters. The molecule has 0 aromatic heterocycles. The standard InChI is InChI=1S/C14H13FN2O3/c1-17(8-2-7-16)14(20)11-5-3-10(9-12(11)15)4-6-13(18)19/h3-6,9H,2,8H2,1H3,(H,18,19).